The lowest BCUT2D eigenvalue weighted by Crippen LogP contribution is -2.15. The van der Waals surface area contributed by atoms with Gasteiger partial charge in [-0.1, -0.05) is 23.7 Å². The van der Waals surface area contributed by atoms with E-state index in [-0.39, 0.29) is 0 Å². The first kappa shape index (κ1) is 11.1. The minimum absolute atomic E-state index is 0.297. The van der Waals surface area contributed by atoms with Gasteiger partial charge in [0, 0.05) is 18.6 Å². The van der Waals surface area contributed by atoms with Crippen LogP contribution in [0.4, 0.5) is 0 Å². The highest BCUT2D eigenvalue weighted by molar-refractivity contribution is 6.25. The van der Waals surface area contributed by atoms with Gasteiger partial charge in [-0.2, -0.15) is 0 Å². The molecule has 0 bridgehead atoms. The molecule has 14 heavy (non-hydrogen) atoms. The van der Waals surface area contributed by atoms with Gasteiger partial charge in [-0.15, -0.1) is 0 Å². The van der Waals surface area contributed by atoms with Gasteiger partial charge < -0.3 is 10.4 Å². The van der Waals surface area contributed by atoms with Crippen molar-refractivity contribution in [2.75, 3.05) is 6.54 Å². The molecule has 0 saturated heterocycles. The van der Waals surface area contributed by atoms with Crippen molar-refractivity contribution in [3.8, 4) is 5.75 Å². The van der Waals surface area contributed by atoms with Crippen LogP contribution >= 0.6 is 11.6 Å². The Morgan fingerprint density at radius 1 is 1.43 bits per heavy atom. The average Bonchev–Trinajstić information content (AvgIpc) is 2.21. The van der Waals surface area contributed by atoms with Gasteiger partial charge in [0.1, 0.15) is 5.75 Å². The quantitative estimate of drug-likeness (QED) is 0.803. The van der Waals surface area contributed by atoms with E-state index in [9.17, 15) is 0 Å². The Morgan fingerprint density at radius 3 is 2.64 bits per heavy atom. The van der Waals surface area contributed by atoms with Crippen LogP contribution in [0, 0.1) is 0 Å². The number of aromatic hydroxyl groups is 1. The SMILES string of the molecule is C/C(=C/Cl)CNCc1ccc(O)cc1. The first-order valence-corrected chi connectivity index (χ1v) is 4.90. The molecule has 0 saturated carbocycles. The van der Waals surface area contributed by atoms with Crippen LogP contribution in [0.15, 0.2) is 35.4 Å². The second-order valence-corrected chi connectivity index (χ2v) is 3.44. The van der Waals surface area contributed by atoms with Gasteiger partial charge in [0.2, 0.25) is 0 Å². The first-order chi connectivity index (χ1) is 6.72. The fourth-order valence-corrected chi connectivity index (χ4v) is 1.13. The number of halogens is 1. The fourth-order valence-electron chi connectivity index (χ4n) is 1.06. The molecule has 0 atom stereocenters. The number of benzene rings is 1. The molecule has 0 aromatic heterocycles. The Hall–Kier alpha value is -0.990. The summed E-state index contributed by atoms with van der Waals surface area (Å²) in [5.74, 6) is 0.297. The van der Waals surface area contributed by atoms with Crippen LogP contribution in [0.5, 0.6) is 5.75 Å². The third kappa shape index (κ3) is 3.81. The van der Waals surface area contributed by atoms with Gasteiger partial charge >= 0.3 is 0 Å². The summed E-state index contributed by atoms with van der Waals surface area (Å²) in [6, 6.07) is 7.15. The zero-order valence-corrected chi connectivity index (χ0v) is 8.88. The molecule has 2 nitrogen and oxygen atoms in total. The van der Waals surface area contributed by atoms with Crippen molar-refractivity contribution in [2.45, 2.75) is 13.5 Å². The molecule has 0 heterocycles. The molecule has 0 radical (unpaired) electrons. The highest BCUT2D eigenvalue weighted by Gasteiger charge is 1.93. The highest BCUT2D eigenvalue weighted by atomic mass is 35.5. The van der Waals surface area contributed by atoms with E-state index in [1.54, 1.807) is 17.7 Å². The Bertz CT molecular complexity index is 306. The van der Waals surface area contributed by atoms with Crippen molar-refractivity contribution in [2.24, 2.45) is 0 Å². The lowest BCUT2D eigenvalue weighted by molar-refractivity contribution is 0.475. The van der Waals surface area contributed by atoms with Gasteiger partial charge in [0.25, 0.3) is 0 Å². The molecule has 3 heteroatoms. The number of hydrogen-bond donors (Lipinski definition) is 2. The summed E-state index contributed by atoms with van der Waals surface area (Å²) in [4.78, 5) is 0. The van der Waals surface area contributed by atoms with Crippen LogP contribution in [0.3, 0.4) is 0 Å². The molecule has 1 aromatic rings. The highest BCUT2D eigenvalue weighted by Crippen LogP contribution is 2.09. The molecule has 2 N–H and O–H groups in total. The van der Waals surface area contributed by atoms with E-state index in [4.69, 9.17) is 16.7 Å². The van der Waals surface area contributed by atoms with Crippen molar-refractivity contribution in [1.82, 2.24) is 5.32 Å². The summed E-state index contributed by atoms with van der Waals surface area (Å²) in [6.07, 6.45) is 0. The summed E-state index contributed by atoms with van der Waals surface area (Å²) in [6.45, 7) is 3.53. The molecule has 1 aromatic carbocycles. The van der Waals surface area contributed by atoms with Crippen LogP contribution in [0.2, 0.25) is 0 Å². The van der Waals surface area contributed by atoms with E-state index in [0.717, 1.165) is 24.2 Å². The van der Waals surface area contributed by atoms with Crippen molar-refractivity contribution < 1.29 is 5.11 Å². The number of phenolic OH excluding ortho intramolecular Hbond substituents is 1. The summed E-state index contributed by atoms with van der Waals surface area (Å²) in [5, 5.41) is 12.3. The van der Waals surface area contributed by atoms with Gasteiger partial charge in [0.05, 0.1) is 0 Å². The van der Waals surface area contributed by atoms with Crippen molar-refractivity contribution >= 4 is 11.6 Å². The molecule has 0 aliphatic rings. The van der Waals surface area contributed by atoms with Crippen LogP contribution in [0.1, 0.15) is 12.5 Å². The number of phenols is 1. The van der Waals surface area contributed by atoms with Crippen molar-refractivity contribution in [1.29, 1.82) is 0 Å². The summed E-state index contributed by atoms with van der Waals surface area (Å²) >= 11 is 5.52. The maximum absolute atomic E-state index is 9.06. The van der Waals surface area contributed by atoms with E-state index >= 15 is 0 Å². The fraction of sp³-hybridized carbons (Fsp3) is 0.273. The Morgan fingerprint density at radius 2 is 2.07 bits per heavy atom. The first-order valence-electron chi connectivity index (χ1n) is 4.47. The minimum atomic E-state index is 0.297. The maximum Gasteiger partial charge on any atom is 0.115 e. The molecular weight excluding hydrogens is 198 g/mol. The van der Waals surface area contributed by atoms with E-state index in [1.165, 1.54) is 0 Å². The molecule has 0 unspecified atom stereocenters. The minimum Gasteiger partial charge on any atom is -0.508 e. The third-order valence-electron chi connectivity index (χ3n) is 1.86. The van der Waals surface area contributed by atoms with Crippen LogP contribution < -0.4 is 5.32 Å². The van der Waals surface area contributed by atoms with Gasteiger partial charge in [-0.3, -0.25) is 0 Å². The van der Waals surface area contributed by atoms with E-state index in [1.807, 2.05) is 19.1 Å². The molecule has 0 amide bonds. The predicted molar refractivity (Wildman–Crippen MR) is 59.4 cm³/mol. The zero-order chi connectivity index (χ0) is 10.4. The zero-order valence-electron chi connectivity index (χ0n) is 8.13. The predicted octanol–water partition coefficient (Wildman–Crippen LogP) is 2.62. The molecule has 0 aliphatic heterocycles. The lowest BCUT2D eigenvalue weighted by atomic mass is 10.2. The van der Waals surface area contributed by atoms with Crippen LogP contribution in [0.25, 0.3) is 0 Å². The number of rotatable bonds is 4. The Kier molecular flexibility index (Phi) is 4.50. The van der Waals surface area contributed by atoms with Crippen molar-refractivity contribution in [3.05, 3.63) is 40.9 Å². The normalized spacial score (nSPS) is 11.7. The summed E-state index contributed by atoms with van der Waals surface area (Å²) < 4.78 is 0. The van der Waals surface area contributed by atoms with Gasteiger partial charge in [-0.05, 0) is 30.2 Å². The molecular formula is C11H14ClNO. The number of nitrogens with one attached hydrogen (secondary N) is 1. The molecule has 0 spiro atoms. The second-order valence-electron chi connectivity index (χ2n) is 3.23. The monoisotopic (exact) mass is 211 g/mol. The standard InChI is InChI=1S/C11H14ClNO/c1-9(6-12)7-13-8-10-2-4-11(14)5-3-10/h2-6,13-14H,7-8H2,1H3/b9-6-. The Balaban J connectivity index is 2.35. The lowest BCUT2D eigenvalue weighted by Gasteiger charge is -2.04. The third-order valence-corrected chi connectivity index (χ3v) is 2.23. The molecule has 0 aliphatic carbocycles. The van der Waals surface area contributed by atoms with E-state index in [0.29, 0.717) is 5.75 Å². The second kappa shape index (κ2) is 5.68. The summed E-state index contributed by atoms with van der Waals surface area (Å²) in [7, 11) is 0. The topological polar surface area (TPSA) is 32.3 Å². The summed E-state index contributed by atoms with van der Waals surface area (Å²) in [5.41, 5.74) is 3.82. The van der Waals surface area contributed by atoms with E-state index < -0.39 is 0 Å². The van der Waals surface area contributed by atoms with Gasteiger partial charge in [-0.25, -0.2) is 0 Å². The maximum atomic E-state index is 9.06. The van der Waals surface area contributed by atoms with Crippen LogP contribution in [-0.2, 0) is 6.54 Å². The Labute approximate surface area is 89.2 Å². The van der Waals surface area contributed by atoms with Gasteiger partial charge in [0.15, 0.2) is 0 Å². The smallest absolute Gasteiger partial charge is 0.115 e. The largest absolute Gasteiger partial charge is 0.508 e. The van der Waals surface area contributed by atoms with Crippen LogP contribution in [-0.4, -0.2) is 11.7 Å². The molecule has 0 fully saturated rings. The van der Waals surface area contributed by atoms with Crippen molar-refractivity contribution in [3.63, 3.8) is 0 Å². The number of hydrogen-bond acceptors (Lipinski definition) is 2. The average molecular weight is 212 g/mol. The molecule has 76 valence electrons. The van der Waals surface area contributed by atoms with E-state index in [2.05, 4.69) is 5.32 Å². The molecule has 1 rings (SSSR count).